The van der Waals surface area contributed by atoms with Gasteiger partial charge in [-0.3, -0.25) is 14.7 Å². The highest BCUT2D eigenvalue weighted by atomic mass is 16.6. The average Bonchev–Trinajstić information content (AvgIpc) is 3.85. The Balaban J connectivity index is 1.11. The van der Waals surface area contributed by atoms with Crippen LogP contribution in [0.4, 0.5) is 9.59 Å². The van der Waals surface area contributed by atoms with Crippen molar-refractivity contribution in [1.29, 1.82) is 0 Å². The molecule has 2 saturated heterocycles. The molecular weight excluding hydrogens is 630 g/mol. The van der Waals surface area contributed by atoms with Crippen molar-refractivity contribution >= 4 is 12.2 Å². The minimum Gasteiger partial charge on any atom is -0.444 e. The number of amides is 2. The number of ether oxygens (including phenoxy) is 2. The van der Waals surface area contributed by atoms with Crippen LogP contribution in [-0.4, -0.2) is 78.2 Å². The molecule has 4 aromatic rings. The summed E-state index contributed by atoms with van der Waals surface area (Å²) in [6.45, 7) is 14.3. The van der Waals surface area contributed by atoms with Gasteiger partial charge in [0.2, 0.25) is 0 Å². The molecule has 3 aliphatic heterocycles. The Kier molecular flexibility index (Phi) is 8.74. The number of carbonyl (C=O) groups excluding carboxylic acids is 2. The third-order valence-electron chi connectivity index (χ3n) is 9.59. The van der Waals surface area contributed by atoms with Crippen molar-refractivity contribution in [3.63, 3.8) is 0 Å². The van der Waals surface area contributed by atoms with Gasteiger partial charge in [-0.2, -0.15) is 0 Å². The maximum atomic E-state index is 12.9. The fourth-order valence-electron chi connectivity index (χ4n) is 7.43. The summed E-state index contributed by atoms with van der Waals surface area (Å²) in [6.07, 6.45) is 6.71. The van der Waals surface area contributed by atoms with Gasteiger partial charge in [-0.1, -0.05) is 24.3 Å². The van der Waals surface area contributed by atoms with Gasteiger partial charge in [-0.15, -0.1) is 0 Å². The summed E-state index contributed by atoms with van der Waals surface area (Å²) < 4.78 is 11.4. The van der Waals surface area contributed by atoms with Crippen molar-refractivity contribution in [1.82, 2.24) is 34.6 Å². The number of aromatic nitrogens is 4. The van der Waals surface area contributed by atoms with E-state index in [1.807, 2.05) is 53.9 Å². The number of H-pyrrole nitrogens is 2. The summed E-state index contributed by atoms with van der Waals surface area (Å²) in [5, 5.41) is 0. The van der Waals surface area contributed by atoms with E-state index in [1.54, 1.807) is 9.80 Å². The Labute approximate surface area is 294 Å². The van der Waals surface area contributed by atoms with Gasteiger partial charge in [-0.05, 0) is 120 Å². The monoisotopic (exact) mass is 679 g/mol. The topological polar surface area (TPSA) is 120 Å². The van der Waals surface area contributed by atoms with Crippen molar-refractivity contribution in [2.45, 2.75) is 104 Å². The summed E-state index contributed by atoms with van der Waals surface area (Å²) >= 11 is 0. The van der Waals surface area contributed by atoms with Crippen LogP contribution in [0.15, 0.2) is 48.8 Å². The standard InChI is InChI=1S/C39H49N7O4/c1-38(2,3)49-36(47)45-16-8-10-32(45)34-40-20-30(42-34)24-12-14-28-26(18-24)22-44(7)23-27-19-25(13-15-29(27)28)31-21-41-35(43-31)33-11-9-17-46(33)37(48)50-39(4,5)6/h12-15,18-21,32-33H,8-11,16-17,22-23H2,1-7H3,(H,40,42)(H,41,43)/t32-,33-/m0/s1. The average molecular weight is 680 g/mol. The first-order valence-corrected chi connectivity index (χ1v) is 17.8. The third kappa shape index (κ3) is 7.01. The zero-order valence-electron chi connectivity index (χ0n) is 30.3. The van der Waals surface area contributed by atoms with E-state index in [0.717, 1.165) is 72.9 Å². The number of hydrogen-bond acceptors (Lipinski definition) is 7. The van der Waals surface area contributed by atoms with Crippen LogP contribution in [-0.2, 0) is 22.6 Å². The number of rotatable bonds is 4. The molecule has 0 radical (unpaired) electrons. The molecule has 0 spiro atoms. The lowest BCUT2D eigenvalue weighted by atomic mass is 9.93. The van der Waals surface area contributed by atoms with Crippen LogP contribution < -0.4 is 0 Å². The normalized spacial score (nSPS) is 19.7. The zero-order valence-corrected chi connectivity index (χ0v) is 30.3. The van der Waals surface area contributed by atoms with Crippen molar-refractivity contribution in [2.75, 3.05) is 20.1 Å². The molecule has 264 valence electrons. The molecule has 50 heavy (non-hydrogen) atoms. The highest BCUT2D eigenvalue weighted by Crippen LogP contribution is 2.39. The molecule has 2 aromatic heterocycles. The minimum atomic E-state index is -0.543. The van der Waals surface area contributed by atoms with Gasteiger partial charge in [0.25, 0.3) is 0 Å². The number of fused-ring (bicyclic) bond motifs is 3. The number of imidazole rings is 2. The molecule has 2 N–H and O–H groups in total. The van der Waals surface area contributed by atoms with Crippen molar-refractivity contribution < 1.29 is 19.1 Å². The van der Waals surface area contributed by atoms with E-state index in [1.165, 1.54) is 22.3 Å². The van der Waals surface area contributed by atoms with Gasteiger partial charge in [0.1, 0.15) is 22.9 Å². The highest BCUT2D eigenvalue weighted by Gasteiger charge is 2.36. The van der Waals surface area contributed by atoms with Crippen LogP contribution in [0.1, 0.15) is 102 Å². The number of nitrogens with zero attached hydrogens (tertiary/aromatic N) is 5. The fraction of sp³-hybridized carbons (Fsp3) is 0.487. The molecule has 0 aliphatic carbocycles. The van der Waals surface area contributed by atoms with Gasteiger partial charge in [0, 0.05) is 26.2 Å². The summed E-state index contributed by atoms with van der Waals surface area (Å²) in [4.78, 5) is 48.3. The van der Waals surface area contributed by atoms with E-state index in [9.17, 15) is 9.59 Å². The molecule has 0 bridgehead atoms. The van der Waals surface area contributed by atoms with Crippen LogP contribution in [0.5, 0.6) is 0 Å². The molecule has 2 aromatic carbocycles. The van der Waals surface area contributed by atoms with Gasteiger partial charge >= 0.3 is 12.2 Å². The van der Waals surface area contributed by atoms with Gasteiger partial charge < -0.3 is 19.4 Å². The molecule has 11 heteroatoms. The van der Waals surface area contributed by atoms with E-state index >= 15 is 0 Å². The largest absolute Gasteiger partial charge is 0.444 e. The number of benzene rings is 2. The van der Waals surface area contributed by atoms with Crippen LogP contribution in [0.25, 0.3) is 33.6 Å². The predicted octanol–water partition coefficient (Wildman–Crippen LogP) is 8.22. The molecule has 2 atom stereocenters. The van der Waals surface area contributed by atoms with Crippen LogP contribution in [0.2, 0.25) is 0 Å². The Morgan fingerprint density at radius 1 is 0.700 bits per heavy atom. The maximum Gasteiger partial charge on any atom is 0.410 e. The van der Waals surface area contributed by atoms with E-state index in [2.05, 4.69) is 58.3 Å². The molecule has 0 unspecified atom stereocenters. The van der Waals surface area contributed by atoms with E-state index in [0.29, 0.717) is 13.1 Å². The Morgan fingerprint density at radius 2 is 1.12 bits per heavy atom. The number of likely N-dealkylation sites (tertiary alicyclic amines) is 2. The van der Waals surface area contributed by atoms with Crippen LogP contribution in [0.3, 0.4) is 0 Å². The SMILES string of the molecule is CN1Cc2cc(-c3cnc([C@@H]4CCCN4C(=O)OC(C)(C)C)[nH]3)ccc2-c2ccc(-c3cnc([C@@H]4CCCN4C(=O)OC(C)(C)C)[nH]3)cc2C1. The van der Waals surface area contributed by atoms with Crippen molar-refractivity contribution in [3.8, 4) is 33.6 Å². The second kappa shape index (κ2) is 12.9. The van der Waals surface area contributed by atoms with Gasteiger partial charge in [-0.25, -0.2) is 19.6 Å². The van der Waals surface area contributed by atoms with Crippen LogP contribution in [0, 0.1) is 0 Å². The van der Waals surface area contributed by atoms with Crippen LogP contribution >= 0.6 is 0 Å². The van der Waals surface area contributed by atoms with E-state index < -0.39 is 11.2 Å². The molecule has 2 amide bonds. The smallest absolute Gasteiger partial charge is 0.410 e. The first-order chi connectivity index (χ1) is 23.7. The lowest BCUT2D eigenvalue weighted by Crippen LogP contribution is -2.36. The van der Waals surface area contributed by atoms with Crippen molar-refractivity contribution in [3.05, 3.63) is 71.6 Å². The summed E-state index contributed by atoms with van der Waals surface area (Å²) in [5.74, 6) is 1.58. The lowest BCUT2D eigenvalue weighted by molar-refractivity contribution is 0.0208. The Bertz CT molecular complexity index is 1760. The van der Waals surface area contributed by atoms with Crippen molar-refractivity contribution in [2.24, 2.45) is 0 Å². The molecule has 11 nitrogen and oxygen atoms in total. The molecule has 0 saturated carbocycles. The predicted molar refractivity (Wildman–Crippen MR) is 192 cm³/mol. The number of nitrogens with one attached hydrogen (secondary N) is 2. The zero-order chi connectivity index (χ0) is 35.4. The first-order valence-electron chi connectivity index (χ1n) is 17.8. The van der Waals surface area contributed by atoms with Gasteiger partial charge in [0.15, 0.2) is 0 Å². The van der Waals surface area contributed by atoms with E-state index in [4.69, 9.17) is 19.4 Å². The second-order valence-electron chi connectivity index (χ2n) is 15.9. The molecule has 7 rings (SSSR count). The lowest BCUT2D eigenvalue weighted by Gasteiger charge is -2.27. The number of aromatic amines is 2. The quantitative estimate of drug-likeness (QED) is 0.223. The second-order valence-corrected chi connectivity index (χ2v) is 15.9. The summed E-state index contributed by atoms with van der Waals surface area (Å²) in [7, 11) is 2.15. The summed E-state index contributed by atoms with van der Waals surface area (Å²) in [5.41, 5.74) is 7.84. The summed E-state index contributed by atoms with van der Waals surface area (Å²) in [6, 6.07) is 13.0. The molecular formula is C39H49N7O4. The Hall–Kier alpha value is -4.64. The van der Waals surface area contributed by atoms with E-state index in [-0.39, 0.29) is 24.3 Å². The minimum absolute atomic E-state index is 0.125. The third-order valence-corrected chi connectivity index (χ3v) is 9.59. The Morgan fingerprint density at radius 3 is 1.52 bits per heavy atom. The fourth-order valence-corrected chi connectivity index (χ4v) is 7.43. The first kappa shape index (κ1) is 33.8. The van der Waals surface area contributed by atoms with Gasteiger partial charge in [0.05, 0.1) is 35.9 Å². The highest BCUT2D eigenvalue weighted by molar-refractivity contribution is 5.78. The maximum absolute atomic E-state index is 12.9. The molecule has 5 heterocycles. The molecule has 2 fully saturated rings. The number of carbonyl (C=O) groups is 2. The molecule has 3 aliphatic rings. The number of hydrogen-bond donors (Lipinski definition) is 2.